The first-order valence-electron chi connectivity index (χ1n) is 5.36. The molecule has 0 spiro atoms. The van der Waals surface area contributed by atoms with Crippen LogP contribution in [0, 0.1) is 5.92 Å². The summed E-state index contributed by atoms with van der Waals surface area (Å²) in [7, 11) is 0. The van der Waals surface area contributed by atoms with Crippen molar-refractivity contribution in [2.24, 2.45) is 11.7 Å². The SMILES string of the molecule is CC(C)[C@H](N)C(=O)Nc1cccc(C(F)F)c1. The number of hydrogen-bond acceptors (Lipinski definition) is 2. The molecule has 0 fully saturated rings. The molecule has 1 rings (SSSR count). The number of anilines is 1. The summed E-state index contributed by atoms with van der Waals surface area (Å²) in [6, 6.07) is 4.93. The molecule has 3 N–H and O–H groups in total. The monoisotopic (exact) mass is 242 g/mol. The molecule has 1 aromatic carbocycles. The van der Waals surface area contributed by atoms with Gasteiger partial charge in [-0.3, -0.25) is 4.79 Å². The Labute approximate surface area is 99.0 Å². The maximum atomic E-state index is 12.4. The molecule has 0 aromatic heterocycles. The van der Waals surface area contributed by atoms with E-state index < -0.39 is 12.5 Å². The van der Waals surface area contributed by atoms with Crippen LogP contribution in [0.4, 0.5) is 14.5 Å². The van der Waals surface area contributed by atoms with Crippen molar-refractivity contribution in [1.82, 2.24) is 0 Å². The van der Waals surface area contributed by atoms with Gasteiger partial charge in [0, 0.05) is 11.3 Å². The van der Waals surface area contributed by atoms with E-state index in [-0.39, 0.29) is 17.4 Å². The molecule has 0 aliphatic carbocycles. The third-order valence-electron chi connectivity index (χ3n) is 2.43. The zero-order chi connectivity index (χ0) is 13.0. The molecule has 17 heavy (non-hydrogen) atoms. The molecular formula is C12H16F2N2O. The molecule has 0 bridgehead atoms. The summed E-state index contributed by atoms with van der Waals surface area (Å²) in [4.78, 5) is 11.6. The van der Waals surface area contributed by atoms with Crippen molar-refractivity contribution in [3.8, 4) is 0 Å². The van der Waals surface area contributed by atoms with Gasteiger partial charge in [0.2, 0.25) is 5.91 Å². The molecule has 94 valence electrons. The van der Waals surface area contributed by atoms with Gasteiger partial charge in [-0.2, -0.15) is 0 Å². The van der Waals surface area contributed by atoms with Crippen LogP contribution in [0.2, 0.25) is 0 Å². The number of benzene rings is 1. The third-order valence-corrected chi connectivity index (χ3v) is 2.43. The lowest BCUT2D eigenvalue weighted by Gasteiger charge is -2.15. The average molecular weight is 242 g/mol. The number of carbonyl (C=O) groups is 1. The summed E-state index contributed by atoms with van der Waals surface area (Å²) in [5, 5.41) is 2.52. The average Bonchev–Trinajstić information content (AvgIpc) is 2.28. The topological polar surface area (TPSA) is 55.1 Å². The Morgan fingerprint density at radius 2 is 2.00 bits per heavy atom. The third kappa shape index (κ3) is 3.78. The van der Waals surface area contributed by atoms with Gasteiger partial charge in [-0.15, -0.1) is 0 Å². The van der Waals surface area contributed by atoms with Crippen LogP contribution in [-0.4, -0.2) is 11.9 Å². The Kier molecular flexibility index (Phi) is 4.57. The molecule has 0 heterocycles. The molecule has 1 amide bonds. The fraction of sp³-hybridized carbons (Fsp3) is 0.417. The Morgan fingerprint density at radius 1 is 1.35 bits per heavy atom. The molecule has 0 saturated carbocycles. The van der Waals surface area contributed by atoms with Crippen LogP contribution < -0.4 is 11.1 Å². The van der Waals surface area contributed by atoms with E-state index in [2.05, 4.69) is 5.32 Å². The van der Waals surface area contributed by atoms with E-state index in [9.17, 15) is 13.6 Å². The molecule has 3 nitrogen and oxygen atoms in total. The van der Waals surface area contributed by atoms with Gasteiger partial charge in [0.25, 0.3) is 6.43 Å². The van der Waals surface area contributed by atoms with Crippen molar-refractivity contribution in [2.75, 3.05) is 5.32 Å². The first-order valence-corrected chi connectivity index (χ1v) is 5.36. The van der Waals surface area contributed by atoms with Crippen molar-refractivity contribution in [1.29, 1.82) is 0 Å². The summed E-state index contributed by atoms with van der Waals surface area (Å²) in [5.74, 6) is -0.375. The Balaban J connectivity index is 2.75. The predicted molar refractivity (Wildman–Crippen MR) is 62.8 cm³/mol. The van der Waals surface area contributed by atoms with Crippen LogP contribution in [0.5, 0.6) is 0 Å². The lowest BCUT2D eigenvalue weighted by molar-refractivity contribution is -0.118. The fourth-order valence-electron chi connectivity index (χ4n) is 1.28. The number of nitrogens with one attached hydrogen (secondary N) is 1. The van der Waals surface area contributed by atoms with Crippen molar-refractivity contribution < 1.29 is 13.6 Å². The van der Waals surface area contributed by atoms with Crippen LogP contribution >= 0.6 is 0 Å². The number of hydrogen-bond donors (Lipinski definition) is 2. The number of alkyl halides is 2. The Hall–Kier alpha value is -1.49. The smallest absolute Gasteiger partial charge is 0.263 e. The summed E-state index contributed by atoms with van der Waals surface area (Å²) in [6.07, 6.45) is -2.55. The van der Waals surface area contributed by atoms with Gasteiger partial charge in [0.05, 0.1) is 6.04 Å². The number of amides is 1. The van der Waals surface area contributed by atoms with Gasteiger partial charge >= 0.3 is 0 Å². The second kappa shape index (κ2) is 5.72. The quantitative estimate of drug-likeness (QED) is 0.852. The molecule has 0 saturated heterocycles. The lowest BCUT2D eigenvalue weighted by Crippen LogP contribution is -2.39. The van der Waals surface area contributed by atoms with Gasteiger partial charge in [0.1, 0.15) is 0 Å². The van der Waals surface area contributed by atoms with Gasteiger partial charge in [0.15, 0.2) is 0 Å². The minimum Gasteiger partial charge on any atom is -0.325 e. The molecule has 0 aliphatic heterocycles. The van der Waals surface area contributed by atoms with Crippen molar-refractivity contribution in [2.45, 2.75) is 26.3 Å². The maximum absolute atomic E-state index is 12.4. The summed E-state index contributed by atoms with van der Waals surface area (Å²) >= 11 is 0. The van der Waals surface area contributed by atoms with Crippen LogP contribution in [0.3, 0.4) is 0 Å². The van der Waals surface area contributed by atoms with E-state index >= 15 is 0 Å². The van der Waals surface area contributed by atoms with Gasteiger partial charge in [-0.25, -0.2) is 8.78 Å². The largest absolute Gasteiger partial charge is 0.325 e. The summed E-state index contributed by atoms with van der Waals surface area (Å²) in [5.41, 5.74) is 5.86. The zero-order valence-corrected chi connectivity index (χ0v) is 9.78. The number of nitrogens with two attached hydrogens (primary N) is 1. The Bertz CT molecular complexity index is 394. The van der Waals surface area contributed by atoms with Crippen LogP contribution in [0.1, 0.15) is 25.8 Å². The standard InChI is InChI=1S/C12H16F2N2O/c1-7(2)10(15)12(17)16-9-5-3-4-8(6-9)11(13)14/h3-7,10-11H,15H2,1-2H3,(H,16,17)/t10-/m0/s1. The highest BCUT2D eigenvalue weighted by atomic mass is 19.3. The zero-order valence-electron chi connectivity index (χ0n) is 9.78. The second-order valence-electron chi connectivity index (χ2n) is 4.19. The first-order chi connectivity index (χ1) is 7.91. The van der Waals surface area contributed by atoms with E-state index in [1.165, 1.54) is 18.2 Å². The Morgan fingerprint density at radius 3 is 2.53 bits per heavy atom. The van der Waals surface area contributed by atoms with Crippen molar-refractivity contribution in [3.05, 3.63) is 29.8 Å². The van der Waals surface area contributed by atoms with Crippen LogP contribution in [0.15, 0.2) is 24.3 Å². The number of halogens is 2. The lowest BCUT2D eigenvalue weighted by atomic mass is 10.0. The maximum Gasteiger partial charge on any atom is 0.263 e. The van der Waals surface area contributed by atoms with Crippen LogP contribution in [0.25, 0.3) is 0 Å². The number of carbonyl (C=O) groups excluding carboxylic acids is 1. The molecular weight excluding hydrogens is 226 g/mol. The fourth-order valence-corrected chi connectivity index (χ4v) is 1.28. The van der Waals surface area contributed by atoms with Gasteiger partial charge in [-0.05, 0) is 18.1 Å². The van der Waals surface area contributed by atoms with E-state index in [4.69, 9.17) is 5.73 Å². The van der Waals surface area contributed by atoms with Gasteiger partial charge in [-0.1, -0.05) is 26.0 Å². The normalized spacial score (nSPS) is 12.9. The van der Waals surface area contributed by atoms with Crippen molar-refractivity contribution in [3.63, 3.8) is 0 Å². The molecule has 0 unspecified atom stereocenters. The minimum absolute atomic E-state index is 0.00622. The summed E-state index contributed by atoms with van der Waals surface area (Å²) in [6.45, 7) is 3.64. The highest BCUT2D eigenvalue weighted by Gasteiger charge is 2.17. The molecule has 0 radical (unpaired) electrons. The molecule has 0 aliphatic rings. The molecule has 5 heteroatoms. The van der Waals surface area contributed by atoms with Gasteiger partial charge < -0.3 is 11.1 Å². The predicted octanol–water partition coefficient (Wildman–Crippen LogP) is 2.55. The van der Waals surface area contributed by atoms with Crippen molar-refractivity contribution >= 4 is 11.6 Å². The van der Waals surface area contributed by atoms with E-state index in [0.29, 0.717) is 5.69 Å². The van der Waals surface area contributed by atoms with Crippen LogP contribution in [-0.2, 0) is 4.79 Å². The summed E-state index contributed by atoms with van der Waals surface area (Å²) < 4.78 is 24.9. The highest BCUT2D eigenvalue weighted by molar-refractivity contribution is 5.94. The van der Waals surface area contributed by atoms with E-state index in [0.717, 1.165) is 0 Å². The molecule has 1 aromatic rings. The minimum atomic E-state index is -2.55. The highest BCUT2D eigenvalue weighted by Crippen LogP contribution is 2.21. The number of rotatable bonds is 4. The second-order valence-corrected chi connectivity index (χ2v) is 4.19. The van der Waals surface area contributed by atoms with E-state index in [1.807, 2.05) is 13.8 Å². The molecule has 1 atom stereocenters. The first kappa shape index (κ1) is 13.6. The van der Waals surface area contributed by atoms with E-state index in [1.54, 1.807) is 6.07 Å².